The maximum Gasteiger partial charge on any atom is 0.0402 e. The first-order valence-electron chi connectivity index (χ1n) is 19.2. The molecule has 0 unspecified atom stereocenters. The predicted molar refractivity (Wildman–Crippen MR) is 200 cm³/mol. The molecule has 7 heteroatoms. The Morgan fingerprint density at radius 3 is 0.222 bits per heavy atom. The first-order chi connectivity index (χ1) is 21.9. The smallest absolute Gasteiger partial charge is 0.0402 e. The Labute approximate surface area is 284 Å². The van der Waals surface area contributed by atoms with Crippen molar-refractivity contribution in [1.29, 1.82) is 0 Å². The van der Waals surface area contributed by atoms with Gasteiger partial charge in [0.05, 0.1) is 0 Å². The summed E-state index contributed by atoms with van der Waals surface area (Å²) in [6.45, 7) is 13.5. The molecular weight excluding hydrogens is 568 g/mol. The van der Waals surface area contributed by atoms with Crippen LogP contribution in [0.25, 0.3) is 0 Å². The van der Waals surface area contributed by atoms with E-state index in [4.69, 9.17) is 35.7 Å². The molecule has 0 heterocycles. The van der Waals surface area contributed by atoms with E-state index in [1.807, 2.05) is 0 Å². The van der Waals surface area contributed by atoms with Gasteiger partial charge >= 0.3 is 0 Å². The Morgan fingerprint density at radius 1 is 0.178 bits per heavy atom. The normalized spacial score (nSPS) is 15.6. The van der Waals surface area contributed by atoms with Gasteiger partial charge < -0.3 is 35.7 Å². The van der Waals surface area contributed by atoms with Crippen molar-refractivity contribution in [2.75, 3.05) is 46.2 Å². The van der Waals surface area contributed by atoms with Crippen LogP contribution in [0.5, 0.6) is 0 Å². The Morgan fingerprint density at radius 2 is 0.200 bits per heavy atom. The minimum atomic E-state index is 0.250. The third kappa shape index (κ3) is 135. The number of rotatable bonds is 0. The molecule has 45 heavy (non-hydrogen) atoms. The van der Waals surface area contributed by atoms with E-state index in [9.17, 15) is 0 Å². The topological polar surface area (TPSA) is 142 Å². The third-order valence-corrected chi connectivity index (χ3v) is 6.00. The summed E-state index contributed by atoms with van der Waals surface area (Å²) in [7, 11) is 0. The van der Waals surface area contributed by atoms with Gasteiger partial charge in [0.2, 0.25) is 0 Å². The van der Waals surface area contributed by atoms with E-state index >= 15 is 0 Å². The fraction of sp³-hybridized carbons (Fsp3) is 1.00. The molecule has 1 aliphatic carbocycles. The Kier molecular flexibility index (Phi) is 113. The first-order valence-corrected chi connectivity index (χ1v) is 19.2. The van der Waals surface area contributed by atoms with Crippen LogP contribution in [0, 0.1) is 0 Å². The van der Waals surface area contributed by atoms with Crippen LogP contribution in [0.3, 0.4) is 0 Å². The maximum absolute atomic E-state index is 7.57. The average Bonchev–Trinajstić information content (AvgIpc) is 2.99. The van der Waals surface area contributed by atoms with Crippen LogP contribution in [0.15, 0.2) is 0 Å². The highest BCUT2D eigenvalue weighted by atomic mass is 16.3. The molecular formula is C38H90O7. The Bertz CT molecular complexity index is 206. The quantitative estimate of drug-likeness (QED) is 0.137. The van der Waals surface area contributed by atoms with E-state index in [1.165, 1.54) is 154 Å². The zero-order valence-corrected chi connectivity index (χ0v) is 32.1. The molecule has 0 saturated heterocycles. The van der Waals surface area contributed by atoms with Crippen molar-refractivity contribution in [2.24, 2.45) is 0 Å². The molecule has 0 aromatic carbocycles. The lowest BCUT2D eigenvalue weighted by Crippen LogP contribution is -1.85. The zero-order chi connectivity index (χ0) is 35.9. The first kappa shape index (κ1) is 60.1. The fourth-order valence-corrected chi connectivity index (χ4v) is 4.24. The summed E-state index contributed by atoms with van der Waals surface area (Å²) < 4.78 is 0. The summed E-state index contributed by atoms with van der Waals surface area (Å²) in [5, 5.41) is 53.0. The molecule has 7 nitrogen and oxygen atoms in total. The van der Waals surface area contributed by atoms with Gasteiger partial charge in [0.15, 0.2) is 0 Å². The largest absolute Gasteiger partial charge is 0.397 e. The van der Waals surface area contributed by atoms with Crippen molar-refractivity contribution in [3.8, 4) is 0 Å². The lowest BCUT2D eigenvalue weighted by atomic mass is 10.0. The van der Waals surface area contributed by atoms with Crippen molar-refractivity contribution in [3.05, 3.63) is 0 Å². The van der Waals surface area contributed by atoms with E-state index in [2.05, 4.69) is 0 Å². The summed E-state index contributed by atoms with van der Waals surface area (Å²) in [5.74, 6) is 0. The lowest BCUT2D eigenvalue weighted by Gasteiger charge is -2.05. The number of hydrogen-bond acceptors (Lipinski definition) is 7. The highest BCUT2D eigenvalue weighted by Gasteiger charge is 1.97. The molecule has 0 bridgehead atoms. The molecule has 284 valence electrons. The van der Waals surface area contributed by atoms with Crippen LogP contribution in [0.4, 0.5) is 0 Å². The van der Waals surface area contributed by atoms with Gasteiger partial charge in [-0.05, 0) is 48.5 Å². The van der Waals surface area contributed by atoms with Crippen molar-refractivity contribution >= 4 is 0 Å². The molecule has 1 saturated carbocycles. The van der Waals surface area contributed by atoms with Crippen LogP contribution in [-0.2, 0) is 0 Å². The van der Waals surface area contributed by atoms with Crippen molar-refractivity contribution in [1.82, 2.24) is 0 Å². The summed E-state index contributed by atoms with van der Waals surface area (Å²) in [4.78, 5) is 0. The van der Waals surface area contributed by atoms with E-state index in [0.717, 1.165) is 0 Å². The molecule has 0 atom stereocenters. The monoisotopic (exact) mass is 659 g/mol. The molecule has 1 aliphatic rings. The van der Waals surface area contributed by atoms with E-state index < -0.39 is 0 Å². The molecule has 0 aromatic rings. The van der Waals surface area contributed by atoms with Crippen LogP contribution in [0.1, 0.15) is 203 Å². The summed E-state index contributed by atoms with van der Waals surface area (Å²) in [6.07, 6.45) is 36.0. The van der Waals surface area contributed by atoms with E-state index in [-0.39, 0.29) is 46.2 Å². The van der Waals surface area contributed by atoms with Crippen LogP contribution < -0.4 is 0 Å². The SMILES string of the molecule is C1CCCCCCCCCCCCCCCCCCCCCCC1.CCO.CCO.CCO.CCO.CCO.CCO.CCO. The minimum absolute atomic E-state index is 0.250. The lowest BCUT2D eigenvalue weighted by molar-refractivity contribution is 0.318. The van der Waals surface area contributed by atoms with Crippen molar-refractivity contribution in [3.63, 3.8) is 0 Å². The van der Waals surface area contributed by atoms with Gasteiger partial charge in [-0.15, -0.1) is 0 Å². The van der Waals surface area contributed by atoms with Gasteiger partial charge in [0.1, 0.15) is 0 Å². The van der Waals surface area contributed by atoms with Crippen LogP contribution in [-0.4, -0.2) is 82.0 Å². The summed E-state index contributed by atoms with van der Waals surface area (Å²) in [5.41, 5.74) is 0. The van der Waals surface area contributed by atoms with Gasteiger partial charge in [-0.25, -0.2) is 0 Å². The molecule has 0 aromatic heterocycles. The van der Waals surface area contributed by atoms with Gasteiger partial charge in [-0.1, -0.05) is 154 Å². The molecule has 0 spiro atoms. The zero-order valence-electron chi connectivity index (χ0n) is 32.1. The molecule has 0 radical (unpaired) electrons. The standard InChI is InChI=1S/C24H48.7C2H6O/c1-2-4-6-8-10-12-14-16-18-20-22-24-23-21-19-17-15-13-11-9-7-5-3-1;7*1-2-3/h1-24H2;7*3H,2H2,1H3. The highest BCUT2D eigenvalue weighted by Crippen LogP contribution is 2.17. The van der Waals surface area contributed by atoms with Gasteiger partial charge in [0.25, 0.3) is 0 Å². The van der Waals surface area contributed by atoms with Crippen LogP contribution in [0.2, 0.25) is 0 Å². The Balaban J connectivity index is -0.000000112. The maximum atomic E-state index is 7.57. The van der Waals surface area contributed by atoms with Crippen molar-refractivity contribution in [2.45, 2.75) is 203 Å². The number of hydrogen-bond donors (Lipinski definition) is 7. The molecule has 0 aliphatic heterocycles. The fourth-order valence-electron chi connectivity index (χ4n) is 4.24. The van der Waals surface area contributed by atoms with Gasteiger partial charge in [-0.3, -0.25) is 0 Å². The highest BCUT2D eigenvalue weighted by molar-refractivity contribution is 4.52. The second kappa shape index (κ2) is 84.5. The predicted octanol–water partition coefficient (Wildman–Crippen LogP) is 9.35. The molecule has 7 N–H and O–H groups in total. The van der Waals surface area contributed by atoms with Crippen molar-refractivity contribution < 1.29 is 35.7 Å². The molecule has 1 fully saturated rings. The van der Waals surface area contributed by atoms with E-state index in [1.54, 1.807) is 48.5 Å². The van der Waals surface area contributed by atoms with Gasteiger partial charge in [-0.2, -0.15) is 0 Å². The summed E-state index contributed by atoms with van der Waals surface area (Å²) in [6, 6.07) is 0. The number of aliphatic hydroxyl groups is 7. The number of aliphatic hydroxyl groups excluding tert-OH is 7. The van der Waals surface area contributed by atoms with Crippen LogP contribution >= 0.6 is 0 Å². The van der Waals surface area contributed by atoms with E-state index in [0.29, 0.717) is 0 Å². The van der Waals surface area contributed by atoms with Gasteiger partial charge in [0, 0.05) is 46.2 Å². The molecule has 1 rings (SSSR count). The molecule has 0 amide bonds. The Hall–Kier alpha value is -0.280. The third-order valence-electron chi connectivity index (χ3n) is 6.00. The second-order valence-corrected chi connectivity index (χ2v) is 10.7. The second-order valence-electron chi connectivity index (χ2n) is 10.7. The minimum Gasteiger partial charge on any atom is -0.397 e. The summed E-state index contributed by atoms with van der Waals surface area (Å²) >= 11 is 0. The average molecular weight is 659 g/mol.